The van der Waals surface area contributed by atoms with Gasteiger partial charge in [-0.1, -0.05) is 11.6 Å². The van der Waals surface area contributed by atoms with E-state index in [2.05, 4.69) is 15.6 Å². The molecule has 0 radical (unpaired) electrons. The van der Waals surface area contributed by atoms with E-state index in [0.29, 0.717) is 22.4 Å². The molecule has 2 aromatic carbocycles. The van der Waals surface area contributed by atoms with Gasteiger partial charge in [-0.15, -0.1) is 11.3 Å². The summed E-state index contributed by atoms with van der Waals surface area (Å²) in [5, 5.41) is 8.49. The first-order chi connectivity index (χ1) is 12.1. The highest BCUT2D eigenvalue weighted by Crippen LogP contribution is 2.26. The lowest BCUT2D eigenvalue weighted by Gasteiger charge is -2.05. The molecule has 2 N–H and O–H groups in total. The number of benzene rings is 2. The van der Waals surface area contributed by atoms with Crippen molar-refractivity contribution in [3.63, 3.8) is 0 Å². The first kappa shape index (κ1) is 17.3. The van der Waals surface area contributed by atoms with E-state index in [1.807, 2.05) is 36.6 Å². The highest BCUT2D eigenvalue weighted by molar-refractivity contribution is 7.14. The van der Waals surface area contributed by atoms with Crippen molar-refractivity contribution in [2.24, 2.45) is 0 Å². The smallest absolute Gasteiger partial charge is 0.325 e. The number of urea groups is 1. The average Bonchev–Trinajstić information content (AvgIpc) is 3.06. The fourth-order valence-corrected chi connectivity index (χ4v) is 2.99. The molecule has 0 atom stereocenters. The van der Waals surface area contributed by atoms with E-state index in [1.165, 1.54) is 11.3 Å². The standard InChI is InChI=1S/C18H16ClN3O2S/c1-2-24-15-9-3-12(4-10-15)16-11-25-18(21-16)22-17(23)20-14-7-5-13(19)6-8-14/h3-11H,2H2,1H3,(H2,20,21,22,23). The van der Waals surface area contributed by atoms with Gasteiger partial charge in [0.15, 0.2) is 5.13 Å². The number of nitrogens with zero attached hydrogens (tertiary/aromatic N) is 1. The Morgan fingerprint density at radius 1 is 1.12 bits per heavy atom. The van der Waals surface area contributed by atoms with Gasteiger partial charge in [-0.25, -0.2) is 9.78 Å². The molecule has 0 spiro atoms. The van der Waals surface area contributed by atoms with Gasteiger partial charge in [0.25, 0.3) is 0 Å². The minimum absolute atomic E-state index is 0.352. The van der Waals surface area contributed by atoms with E-state index in [-0.39, 0.29) is 6.03 Å². The average molecular weight is 374 g/mol. The van der Waals surface area contributed by atoms with Gasteiger partial charge in [0.05, 0.1) is 12.3 Å². The van der Waals surface area contributed by atoms with Gasteiger partial charge in [0.2, 0.25) is 0 Å². The van der Waals surface area contributed by atoms with E-state index >= 15 is 0 Å². The zero-order valence-corrected chi connectivity index (χ0v) is 15.0. The summed E-state index contributed by atoms with van der Waals surface area (Å²) in [6, 6.07) is 14.2. The minimum atomic E-state index is -0.352. The predicted octanol–water partition coefficient (Wildman–Crippen LogP) is 5.51. The summed E-state index contributed by atoms with van der Waals surface area (Å²) in [6.07, 6.45) is 0. The van der Waals surface area contributed by atoms with Crippen LogP contribution in [0.1, 0.15) is 6.92 Å². The number of nitrogens with one attached hydrogen (secondary N) is 2. The molecule has 0 unspecified atom stereocenters. The maximum atomic E-state index is 12.0. The highest BCUT2D eigenvalue weighted by atomic mass is 35.5. The number of rotatable bonds is 5. The van der Waals surface area contributed by atoms with E-state index < -0.39 is 0 Å². The number of amides is 2. The lowest BCUT2D eigenvalue weighted by Crippen LogP contribution is -2.19. The molecule has 7 heteroatoms. The Hall–Kier alpha value is -2.57. The third-order valence-electron chi connectivity index (χ3n) is 3.29. The van der Waals surface area contributed by atoms with Crippen molar-refractivity contribution < 1.29 is 9.53 Å². The van der Waals surface area contributed by atoms with Crippen LogP contribution in [0.25, 0.3) is 11.3 Å². The molecule has 3 aromatic rings. The molecule has 5 nitrogen and oxygen atoms in total. The number of hydrogen-bond acceptors (Lipinski definition) is 4. The van der Waals surface area contributed by atoms with Crippen molar-refractivity contribution in [2.75, 3.05) is 17.2 Å². The normalized spacial score (nSPS) is 10.3. The summed E-state index contributed by atoms with van der Waals surface area (Å²) < 4.78 is 5.43. The van der Waals surface area contributed by atoms with Crippen LogP contribution in [0.5, 0.6) is 5.75 Å². The fourth-order valence-electron chi connectivity index (χ4n) is 2.15. The first-order valence-corrected chi connectivity index (χ1v) is 8.92. The number of carbonyl (C=O) groups is 1. The van der Waals surface area contributed by atoms with Crippen LogP contribution >= 0.6 is 22.9 Å². The van der Waals surface area contributed by atoms with E-state index in [9.17, 15) is 4.79 Å². The van der Waals surface area contributed by atoms with Crippen LogP contribution in [0, 0.1) is 0 Å². The van der Waals surface area contributed by atoms with Gasteiger partial charge in [-0.2, -0.15) is 0 Å². The summed E-state index contributed by atoms with van der Waals surface area (Å²) in [6.45, 7) is 2.58. The maximum Gasteiger partial charge on any atom is 0.325 e. The lowest BCUT2D eigenvalue weighted by atomic mass is 10.2. The summed E-state index contributed by atoms with van der Waals surface area (Å²) in [7, 11) is 0. The molecule has 1 heterocycles. The van der Waals surface area contributed by atoms with Gasteiger partial charge in [-0.3, -0.25) is 5.32 Å². The maximum absolute atomic E-state index is 12.0. The summed E-state index contributed by atoms with van der Waals surface area (Å²) in [4.78, 5) is 16.5. The highest BCUT2D eigenvalue weighted by Gasteiger charge is 2.08. The molecular weight excluding hydrogens is 358 g/mol. The molecular formula is C18H16ClN3O2S. The summed E-state index contributed by atoms with van der Waals surface area (Å²) >= 11 is 7.19. The molecule has 2 amide bonds. The Balaban J connectivity index is 1.62. The molecule has 0 aliphatic heterocycles. The second-order valence-corrected chi connectivity index (χ2v) is 6.38. The number of hydrogen-bond donors (Lipinski definition) is 2. The fraction of sp³-hybridized carbons (Fsp3) is 0.111. The van der Waals surface area contributed by atoms with Gasteiger partial charge in [0.1, 0.15) is 5.75 Å². The number of ether oxygens (including phenoxy) is 1. The zero-order chi connectivity index (χ0) is 17.6. The third-order valence-corrected chi connectivity index (χ3v) is 4.30. The summed E-state index contributed by atoms with van der Waals surface area (Å²) in [5.74, 6) is 0.821. The number of halogens is 1. The van der Waals surface area contributed by atoms with Crippen LogP contribution in [0.2, 0.25) is 5.02 Å². The largest absolute Gasteiger partial charge is 0.494 e. The quantitative estimate of drug-likeness (QED) is 0.620. The topological polar surface area (TPSA) is 63.2 Å². The van der Waals surface area contributed by atoms with Gasteiger partial charge in [0, 0.05) is 21.7 Å². The molecule has 0 saturated carbocycles. The van der Waals surface area contributed by atoms with E-state index in [4.69, 9.17) is 16.3 Å². The first-order valence-electron chi connectivity index (χ1n) is 7.66. The Morgan fingerprint density at radius 3 is 2.52 bits per heavy atom. The summed E-state index contributed by atoms with van der Waals surface area (Å²) in [5.41, 5.74) is 2.42. The second-order valence-electron chi connectivity index (χ2n) is 5.08. The molecule has 3 rings (SSSR count). The van der Waals surface area contributed by atoms with Crippen LogP contribution in [0.4, 0.5) is 15.6 Å². The molecule has 1 aromatic heterocycles. The van der Waals surface area contributed by atoms with E-state index in [0.717, 1.165) is 17.0 Å². The van der Waals surface area contributed by atoms with Crippen molar-refractivity contribution >= 4 is 39.8 Å². The van der Waals surface area contributed by atoms with Crippen LogP contribution in [0.3, 0.4) is 0 Å². The van der Waals surface area contributed by atoms with Crippen molar-refractivity contribution in [1.29, 1.82) is 0 Å². The predicted molar refractivity (Wildman–Crippen MR) is 103 cm³/mol. The van der Waals surface area contributed by atoms with E-state index in [1.54, 1.807) is 24.3 Å². The zero-order valence-electron chi connectivity index (χ0n) is 13.5. The molecule has 0 aliphatic rings. The van der Waals surface area contributed by atoms with Gasteiger partial charge < -0.3 is 10.1 Å². The van der Waals surface area contributed by atoms with Crippen LogP contribution < -0.4 is 15.4 Å². The molecule has 0 saturated heterocycles. The van der Waals surface area contributed by atoms with Crippen LogP contribution in [-0.2, 0) is 0 Å². The van der Waals surface area contributed by atoms with Gasteiger partial charge >= 0.3 is 6.03 Å². The number of aromatic nitrogens is 1. The lowest BCUT2D eigenvalue weighted by molar-refractivity contribution is 0.262. The number of carbonyl (C=O) groups excluding carboxylic acids is 1. The van der Waals surface area contributed by atoms with Crippen molar-refractivity contribution in [1.82, 2.24) is 4.98 Å². The van der Waals surface area contributed by atoms with Crippen LogP contribution in [0.15, 0.2) is 53.9 Å². The SMILES string of the molecule is CCOc1ccc(-c2csc(NC(=O)Nc3ccc(Cl)cc3)n2)cc1. The van der Waals surface area contributed by atoms with Crippen molar-refractivity contribution in [2.45, 2.75) is 6.92 Å². The van der Waals surface area contributed by atoms with Crippen molar-refractivity contribution in [3.05, 3.63) is 58.9 Å². The Kier molecular flexibility index (Phi) is 5.53. The minimum Gasteiger partial charge on any atom is -0.494 e. The third kappa shape index (κ3) is 4.71. The molecule has 128 valence electrons. The second kappa shape index (κ2) is 8.00. The monoisotopic (exact) mass is 373 g/mol. The number of anilines is 2. The molecule has 25 heavy (non-hydrogen) atoms. The number of thiazole rings is 1. The van der Waals surface area contributed by atoms with Crippen LogP contribution in [-0.4, -0.2) is 17.6 Å². The Morgan fingerprint density at radius 2 is 1.84 bits per heavy atom. The Bertz CT molecular complexity index is 848. The Labute approximate surface area is 154 Å². The molecule has 0 aliphatic carbocycles. The molecule has 0 bridgehead atoms. The van der Waals surface area contributed by atoms with Crippen molar-refractivity contribution in [3.8, 4) is 17.0 Å². The molecule has 0 fully saturated rings. The van der Waals surface area contributed by atoms with Gasteiger partial charge in [-0.05, 0) is 55.5 Å².